The summed E-state index contributed by atoms with van der Waals surface area (Å²) in [5.74, 6) is 0.546. The van der Waals surface area contributed by atoms with Crippen LogP contribution >= 0.6 is 11.3 Å². The first-order valence-electron chi connectivity index (χ1n) is 7.08. The van der Waals surface area contributed by atoms with Crippen molar-refractivity contribution in [3.8, 4) is 0 Å². The van der Waals surface area contributed by atoms with Gasteiger partial charge in [-0.15, -0.1) is 11.3 Å². The lowest BCUT2D eigenvalue weighted by Gasteiger charge is -2.16. The molecule has 1 amide bonds. The highest BCUT2D eigenvalue weighted by atomic mass is 32.1. The molecule has 2 heterocycles. The van der Waals surface area contributed by atoms with E-state index in [4.69, 9.17) is 0 Å². The van der Waals surface area contributed by atoms with Crippen molar-refractivity contribution in [2.75, 3.05) is 7.05 Å². The first kappa shape index (κ1) is 14.7. The summed E-state index contributed by atoms with van der Waals surface area (Å²) in [5.41, 5.74) is 1.26. The van der Waals surface area contributed by atoms with Crippen molar-refractivity contribution >= 4 is 27.3 Å². The largest absolute Gasteiger partial charge is 0.335 e. The molecule has 0 aliphatic heterocycles. The molecule has 3 aromatic rings. The van der Waals surface area contributed by atoms with E-state index in [-0.39, 0.29) is 5.91 Å². The van der Waals surface area contributed by atoms with Gasteiger partial charge in [0.2, 0.25) is 0 Å². The van der Waals surface area contributed by atoms with E-state index in [1.165, 1.54) is 15.0 Å². The zero-order chi connectivity index (χ0) is 15.7. The van der Waals surface area contributed by atoms with Crippen molar-refractivity contribution in [1.82, 2.24) is 14.9 Å². The minimum atomic E-state index is -0.0777. The zero-order valence-corrected chi connectivity index (χ0v) is 13.6. The Kier molecular flexibility index (Phi) is 3.90. The van der Waals surface area contributed by atoms with E-state index in [0.29, 0.717) is 18.1 Å². The van der Waals surface area contributed by atoms with Crippen LogP contribution in [0.2, 0.25) is 0 Å². The van der Waals surface area contributed by atoms with Gasteiger partial charge >= 0.3 is 0 Å². The Bertz CT molecular complexity index is 788. The number of carbonyl (C=O) groups is 1. The van der Waals surface area contributed by atoms with Crippen molar-refractivity contribution in [3.05, 3.63) is 58.5 Å². The van der Waals surface area contributed by atoms with Gasteiger partial charge in [-0.3, -0.25) is 4.79 Å². The van der Waals surface area contributed by atoms with Gasteiger partial charge in [0.15, 0.2) is 0 Å². The van der Waals surface area contributed by atoms with E-state index in [1.807, 2.05) is 19.1 Å². The fraction of sp³-hybridized carbons (Fsp3) is 0.235. The second kappa shape index (κ2) is 5.85. The van der Waals surface area contributed by atoms with Crippen molar-refractivity contribution in [1.29, 1.82) is 0 Å². The predicted molar refractivity (Wildman–Crippen MR) is 89.1 cm³/mol. The normalized spacial score (nSPS) is 10.9. The van der Waals surface area contributed by atoms with Gasteiger partial charge in [-0.25, -0.2) is 9.97 Å². The molecule has 4 nitrogen and oxygen atoms in total. The molecule has 3 rings (SSSR count). The number of aryl methyl sites for hydroxylation is 2. The maximum atomic E-state index is 12.5. The first-order valence-corrected chi connectivity index (χ1v) is 7.90. The molecular weight excluding hydrogens is 294 g/mol. The van der Waals surface area contributed by atoms with Crippen molar-refractivity contribution in [2.24, 2.45) is 0 Å². The molecule has 0 atom stereocenters. The van der Waals surface area contributed by atoms with Crippen LogP contribution in [0.15, 0.2) is 36.4 Å². The van der Waals surface area contributed by atoms with Crippen LogP contribution in [-0.4, -0.2) is 27.8 Å². The average molecular weight is 311 g/mol. The van der Waals surface area contributed by atoms with E-state index in [9.17, 15) is 4.79 Å². The van der Waals surface area contributed by atoms with Crippen LogP contribution in [0.4, 0.5) is 0 Å². The number of amides is 1. The fourth-order valence-electron chi connectivity index (χ4n) is 2.44. The third kappa shape index (κ3) is 2.99. The first-order chi connectivity index (χ1) is 10.5. The van der Waals surface area contributed by atoms with Crippen molar-refractivity contribution < 1.29 is 4.79 Å². The van der Waals surface area contributed by atoms with Crippen LogP contribution in [0.25, 0.3) is 10.1 Å². The Balaban J connectivity index is 1.81. The third-order valence-electron chi connectivity index (χ3n) is 3.40. The van der Waals surface area contributed by atoms with Crippen LogP contribution in [0.3, 0.4) is 0 Å². The van der Waals surface area contributed by atoms with Crippen molar-refractivity contribution in [2.45, 2.75) is 20.4 Å². The number of nitrogens with zero attached hydrogens (tertiary/aromatic N) is 3. The minimum Gasteiger partial charge on any atom is -0.335 e. The van der Waals surface area contributed by atoms with Gasteiger partial charge < -0.3 is 4.90 Å². The Labute approximate surface area is 133 Å². The van der Waals surface area contributed by atoms with Gasteiger partial charge in [-0.05, 0) is 37.4 Å². The molecule has 1 aromatic carbocycles. The third-order valence-corrected chi connectivity index (χ3v) is 4.50. The molecule has 5 heteroatoms. The molecule has 0 saturated heterocycles. The fourth-order valence-corrected chi connectivity index (χ4v) is 3.56. The number of fused-ring (bicyclic) bond motifs is 1. The topological polar surface area (TPSA) is 46.1 Å². The summed E-state index contributed by atoms with van der Waals surface area (Å²) in [6.07, 6.45) is 0. The number of benzene rings is 1. The number of carbonyl (C=O) groups excluding carboxylic acids is 1. The molecule has 0 aliphatic rings. The Morgan fingerprint density at radius 3 is 2.68 bits per heavy atom. The minimum absolute atomic E-state index is 0.0777. The molecule has 0 saturated carbocycles. The SMILES string of the molecule is Cc1cc(C(=O)N(C)Cc2cc3ccccc3s2)nc(C)n1. The summed E-state index contributed by atoms with van der Waals surface area (Å²) in [6.45, 7) is 4.26. The van der Waals surface area contributed by atoms with Gasteiger partial charge in [0.05, 0.1) is 6.54 Å². The molecule has 0 unspecified atom stereocenters. The number of hydrogen-bond acceptors (Lipinski definition) is 4. The summed E-state index contributed by atoms with van der Waals surface area (Å²) in [4.78, 5) is 23.8. The highest BCUT2D eigenvalue weighted by molar-refractivity contribution is 7.19. The molecule has 22 heavy (non-hydrogen) atoms. The Morgan fingerprint density at radius 2 is 1.95 bits per heavy atom. The van der Waals surface area contributed by atoms with Crippen LogP contribution < -0.4 is 0 Å². The monoisotopic (exact) mass is 311 g/mol. The lowest BCUT2D eigenvalue weighted by molar-refractivity contribution is 0.0780. The summed E-state index contributed by atoms with van der Waals surface area (Å²) in [7, 11) is 1.81. The van der Waals surface area contributed by atoms with Crippen molar-refractivity contribution in [3.63, 3.8) is 0 Å². The van der Waals surface area contributed by atoms with Crippen LogP contribution in [0.5, 0.6) is 0 Å². The lowest BCUT2D eigenvalue weighted by atomic mass is 10.2. The Hall–Kier alpha value is -2.27. The number of hydrogen-bond donors (Lipinski definition) is 0. The van der Waals surface area contributed by atoms with Crippen LogP contribution in [0.1, 0.15) is 26.9 Å². The zero-order valence-electron chi connectivity index (χ0n) is 12.8. The van der Waals surface area contributed by atoms with E-state index >= 15 is 0 Å². The summed E-state index contributed by atoms with van der Waals surface area (Å²) >= 11 is 1.72. The summed E-state index contributed by atoms with van der Waals surface area (Å²) < 4.78 is 1.24. The lowest BCUT2D eigenvalue weighted by Crippen LogP contribution is -2.27. The number of thiophene rings is 1. The quantitative estimate of drug-likeness (QED) is 0.742. The second-order valence-electron chi connectivity index (χ2n) is 5.35. The molecule has 112 valence electrons. The average Bonchev–Trinajstić information content (AvgIpc) is 2.87. The van der Waals surface area contributed by atoms with E-state index < -0.39 is 0 Å². The summed E-state index contributed by atoms with van der Waals surface area (Å²) in [5, 5.41) is 1.22. The van der Waals surface area contributed by atoms with E-state index in [0.717, 1.165) is 5.69 Å². The molecule has 2 aromatic heterocycles. The summed E-state index contributed by atoms with van der Waals surface area (Å²) in [6, 6.07) is 12.1. The molecule has 0 bridgehead atoms. The predicted octanol–water partition coefficient (Wildman–Crippen LogP) is 3.58. The van der Waals surface area contributed by atoms with Gasteiger partial charge in [-0.1, -0.05) is 18.2 Å². The smallest absolute Gasteiger partial charge is 0.272 e. The van der Waals surface area contributed by atoms with Crippen LogP contribution in [-0.2, 0) is 6.54 Å². The molecule has 0 fully saturated rings. The standard InChI is InChI=1S/C17H17N3OS/c1-11-8-15(19-12(2)18-11)17(21)20(3)10-14-9-13-6-4-5-7-16(13)22-14/h4-9H,10H2,1-3H3. The van der Waals surface area contributed by atoms with Gasteiger partial charge in [0.25, 0.3) is 5.91 Å². The van der Waals surface area contributed by atoms with Gasteiger partial charge in [0, 0.05) is 22.3 Å². The Morgan fingerprint density at radius 1 is 1.18 bits per heavy atom. The molecule has 0 spiro atoms. The molecule has 0 radical (unpaired) electrons. The maximum absolute atomic E-state index is 12.5. The molecule has 0 N–H and O–H groups in total. The highest BCUT2D eigenvalue weighted by Crippen LogP contribution is 2.26. The second-order valence-corrected chi connectivity index (χ2v) is 6.52. The highest BCUT2D eigenvalue weighted by Gasteiger charge is 2.15. The molecule has 0 aliphatic carbocycles. The van der Waals surface area contributed by atoms with E-state index in [2.05, 4.69) is 28.2 Å². The number of rotatable bonds is 3. The molecular formula is C17H17N3OS. The number of aromatic nitrogens is 2. The van der Waals surface area contributed by atoms with Gasteiger partial charge in [-0.2, -0.15) is 0 Å². The van der Waals surface area contributed by atoms with E-state index in [1.54, 1.807) is 36.3 Å². The maximum Gasteiger partial charge on any atom is 0.272 e. The van der Waals surface area contributed by atoms with Gasteiger partial charge in [0.1, 0.15) is 11.5 Å². The van der Waals surface area contributed by atoms with Crippen LogP contribution in [0, 0.1) is 13.8 Å².